The largest absolute Gasteiger partial charge is 0.490 e. The second-order valence-electron chi connectivity index (χ2n) is 7.47. The molecule has 1 aliphatic carbocycles. The summed E-state index contributed by atoms with van der Waals surface area (Å²) in [7, 11) is 0. The average molecular weight is 379 g/mol. The van der Waals surface area contributed by atoms with Crippen LogP contribution < -0.4 is 4.74 Å². The van der Waals surface area contributed by atoms with Gasteiger partial charge in [0.1, 0.15) is 5.82 Å². The standard InChI is InChI=1S/C21H21ClF2O2/c22-15-4-1-13(2-5-15)11-21-10-9-16(25)6-3-14(21)12-26-20-18(24)8-7-17(23)19(20)21/h1-2,4-5,7-8,14,16,25H,3,6,9-12H2/t14-,16-,21+/m0/s1. The fourth-order valence-electron chi connectivity index (χ4n) is 4.62. The number of aliphatic hydroxyl groups excluding tert-OH is 1. The first kappa shape index (κ1) is 17.7. The Balaban J connectivity index is 1.87. The summed E-state index contributed by atoms with van der Waals surface area (Å²) >= 11 is 6.00. The molecule has 0 spiro atoms. The van der Waals surface area contributed by atoms with Crippen molar-refractivity contribution in [3.05, 3.63) is 64.2 Å². The van der Waals surface area contributed by atoms with Gasteiger partial charge in [-0.1, -0.05) is 23.7 Å². The molecule has 1 fully saturated rings. The molecule has 3 atom stereocenters. The van der Waals surface area contributed by atoms with E-state index in [9.17, 15) is 13.9 Å². The minimum Gasteiger partial charge on any atom is -0.490 e. The second-order valence-corrected chi connectivity index (χ2v) is 7.91. The van der Waals surface area contributed by atoms with E-state index in [4.69, 9.17) is 16.3 Å². The van der Waals surface area contributed by atoms with E-state index < -0.39 is 23.2 Å². The summed E-state index contributed by atoms with van der Waals surface area (Å²) in [5, 5.41) is 10.8. The molecule has 26 heavy (non-hydrogen) atoms. The van der Waals surface area contributed by atoms with Crippen LogP contribution in [0.1, 0.15) is 36.8 Å². The molecule has 0 amide bonds. The third-order valence-corrected chi connectivity index (χ3v) is 6.22. The van der Waals surface area contributed by atoms with Gasteiger partial charge >= 0.3 is 0 Å². The Kier molecular flexibility index (Phi) is 4.66. The Hall–Kier alpha value is -1.65. The van der Waals surface area contributed by atoms with Crippen molar-refractivity contribution < 1.29 is 18.6 Å². The van der Waals surface area contributed by atoms with Crippen molar-refractivity contribution in [1.82, 2.24) is 0 Å². The lowest BCUT2D eigenvalue weighted by Gasteiger charge is -2.45. The molecule has 2 aromatic carbocycles. The van der Waals surface area contributed by atoms with E-state index in [0.29, 0.717) is 42.9 Å². The van der Waals surface area contributed by atoms with Gasteiger partial charge in [-0.25, -0.2) is 8.78 Å². The van der Waals surface area contributed by atoms with Crippen LogP contribution in [0.4, 0.5) is 8.78 Å². The molecular weight excluding hydrogens is 358 g/mol. The number of fused-ring (bicyclic) bond motifs is 3. The molecule has 1 N–H and O–H groups in total. The van der Waals surface area contributed by atoms with E-state index in [1.165, 1.54) is 6.07 Å². The quantitative estimate of drug-likeness (QED) is 0.793. The SMILES string of the molecule is O[C@H]1CC[C@H]2COc3c(F)ccc(F)c3[C@@]2(Cc2ccc(Cl)cc2)CC1. The van der Waals surface area contributed by atoms with Crippen molar-refractivity contribution in [3.63, 3.8) is 0 Å². The van der Waals surface area contributed by atoms with Crippen LogP contribution in [0.15, 0.2) is 36.4 Å². The maximum atomic E-state index is 14.9. The molecule has 5 heteroatoms. The van der Waals surface area contributed by atoms with Crippen molar-refractivity contribution >= 4 is 11.6 Å². The van der Waals surface area contributed by atoms with Gasteiger partial charge in [0.2, 0.25) is 0 Å². The molecule has 2 aromatic rings. The second kappa shape index (κ2) is 6.82. The first-order valence-electron chi connectivity index (χ1n) is 9.03. The Labute approximate surface area is 156 Å². The Morgan fingerprint density at radius 3 is 2.54 bits per heavy atom. The van der Waals surface area contributed by atoms with Crippen molar-refractivity contribution in [1.29, 1.82) is 0 Å². The number of ether oxygens (including phenoxy) is 1. The summed E-state index contributed by atoms with van der Waals surface area (Å²) in [6.45, 7) is 0.341. The fraction of sp³-hybridized carbons (Fsp3) is 0.429. The minimum absolute atomic E-state index is 0.0270. The fourth-order valence-corrected chi connectivity index (χ4v) is 4.75. The number of rotatable bonds is 2. The van der Waals surface area contributed by atoms with Crippen molar-refractivity contribution in [2.24, 2.45) is 5.92 Å². The highest BCUT2D eigenvalue weighted by Gasteiger charge is 2.49. The smallest absolute Gasteiger partial charge is 0.165 e. The van der Waals surface area contributed by atoms with Crippen LogP contribution in [-0.2, 0) is 11.8 Å². The molecule has 2 aliphatic rings. The minimum atomic E-state index is -0.592. The monoisotopic (exact) mass is 378 g/mol. The molecule has 1 aliphatic heterocycles. The van der Waals surface area contributed by atoms with Crippen molar-refractivity contribution in [3.8, 4) is 5.75 Å². The molecule has 1 heterocycles. The van der Waals surface area contributed by atoms with Crippen molar-refractivity contribution in [2.45, 2.75) is 43.6 Å². The number of benzene rings is 2. The third-order valence-electron chi connectivity index (χ3n) is 5.97. The van der Waals surface area contributed by atoms with Gasteiger partial charge in [-0.3, -0.25) is 0 Å². The lowest BCUT2D eigenvalue weighted by molar-refractivity contribution is 0.109. The van der Waals surface area contributed by atoms with Gasteiger partial charge in [-0.2, -0.15) is 0 Å². The van der Waals surface area contributed by atoms with Crippen LogP contribution in [0.3, 0.4) is 0 Å². The first-order chi connectivity index (χ1) is 12.5. The van der Waals surface area contributed by atoms with Crippen molar-refractivity contribution in [2.75, 3.05) is 6.61 Å². The van der Waals surface area contributed by atoms with E-state index in [2.05, 4.69) is 0 Å². The van der Waals surface area contributed by atoms with Gasteiger partial charge in [-0.15, -0.1) is 0 Å². The zero-order chi connectivity index (χ0) is 18.3. The molecule has 4 rings (SSSR count). The number of aliphatic hydroxyl groups is 1. The molecule has 138 valence electrons. The van der Waals surface area contributed by atoms with Gasteiger partial charge in [-0.05, 0) is 61.9 Å². The lowest BCUT2D eigenvalue weighted by atomic mass is 9.63. The topological polar surface area (TPSA) is 29.5 Å². The van der Waals surface area contributed by atoms with E-state index >= 15 is 0 Å². The van der Waals surface area contributed by atoms with E-state index in [0.717, 1.165) is 18.1 Å². The molecular formula is C21H21ClF2O2. The van der Waals surface area contributed by atoms with Crippen LogP contribution in [0, 0.1) is 17.6 Å². The molecule has 1 saturated carbocycles. The lowest BCUT2D eigenvalue weighted by Crippen LogP contribution is -2.44. The average Bonchev–Trinajstić information content (AvgIpc) is 2.79. The Morgan fingerprint density at radius 2 is 1.77 bits per heavy atom. The molecule has 0 bridgehead atoms. The summed E-state index contributed by atoms with van der Waals surface area (Å²) in [6, 6.07) is 9.80. The third kappa shape index (κ3) is 2.99. The van der Waals surface area contributed by atoms with Crippen LogP contribution in [0.2, 0.25) is 5.02 Å². The number of halogens is 3. The highest BCUT2D eigenvalue weighted by atomic mass is 35.5. The van der Waals surface area contributed by atoms with Gasteiger partial charge in [0.25, 0.3) is 0 Å². The van der Waals surface area contributed by atoms with E-state index in [1.807, 2.05) is 24.3 Å². The van der Waals surface area contributed by atoms with Crippen LogP contribution in [-0.4, -0.2) is 17.8 Å². The predicted molar refractivity (Wildman–Crippen MR) is 96.7 cm³/mol. The number of hydrogen-bond acceptors (Lipinski definition) is 2. The predicted octanol–water partition coefficient (Wildman–Crippen LogP) is 5.04. The summed E-state index contributed by atoms with van der Waals surface area (Å²) in [6.07, 6.45) is 2.70. The summed E-state index contributed by atoms with van der Waals surface area (Å²) in [5.41, 5.74) is 0.760. The van der Waals surface area contributed by atoms with Gasteiger partial charge in [0.15, 0.2) is 11.6 Å². The van der Waals surface area contributed by atoms with E-state index in [1.54, 1.807) is 0 Å². The molecule has 0 saturated heterocycles. The zero-order valence-electron chi connectivity index (χ0n) is 14.4. The Bertz CT molecular complexity index is 808. The molecule has 0 unspecified atom stereocenters. The maximum absolute atomic E-state index is 14.9. The van der Waals surface area contributed by atoms with Gasteiger partial charge in [0, 0.05) is 21.9 Å². The summed E-state index contributed by atoms with van der Waals surface area (Å²) < 4.78 is 35.0. The van der Waals surface area contributed by atoms with Crippen LogP contribution >= 0.6 is 11.6 Å². The maximum Gasteiger partial charge on any atom is 0.165 e. The van der Waals surface area contributed by atoms with Gasteiger partial charge < -0.3 is 9.84 Å². The number of hydrogen-bond donors (Lipinski definition) is 1. The van der Waals surface area contributed by atoms with E-state index in [-0.39, 0.29) is 11.7 Å². The van der Waals surface area contributed by atoms with Gasteiger partial charge in [0.05, 0.1) is 12.7 Å². The highest BCUT2D eigenvalue weighted by molar-refractivity contribution is 6.30. The highest BCUT2D eigenvalue weighted by Crippen LogP contribution is 2.52. The molecule has 0 aromatic heterocycles. The first-order valence-corrected chi connectivity index (χ1v) is 9.41. The van der Waals surface area contributed by atoms with Crippen LogP contribution in [0.25, 0.3) is 0 Å². The normalized spacial score (nSPS) is 27.8. The molecule has 2 nitrogen and oxygen atoms in total. The Morgan fingerprint density at radius 1 is 1.04 bits per heavy atom. The zero-order valence-corrected chi connectivity index (χ0v) is 15.1. The summed E-state index contributed by atoms with van der Waals surface area (Å²) in [4.78, 5) is 0. The van der Waals surface area contributed by atoms with Crippen LogP contribution in [0.5, 0.6) is 5.75 Å². The molecule has 0 radical (unpaired) electrons. The summed E-state index contributed by atoms with van der Waals surface area (Å²) in [5.74, 6) is -0.901.